The molecule has 0 unspecified atom stereocenters. The van der Waals surface area contributed by atoms with Gasteiger partial charge in [0.25, 0.3) is 5.56 Å². The van der Waals surface area contributed by atoms with Crippen LogP contribution in [0.3, 0.4) is 0 Å². The number of aromatic nitrogens is 1. The molecule has 0 atom stereocenters. The molecule has 0 radical (unpaired) electrons. The van der Waals surface area contributed by atoms with Crippen LogP contribution >= 0.6 is 0 Å². The van der Waals surface area contributed by atoms with Crippen molar-refractivity contribution in [3.05, 3.63) is 69.6 Å². The molecule has 19 heavy (non-hydrogen) atoms. The van der Waals surface area contributed by atoms with E-state index in [4.69, 9.17) is 5.73 Å². The molecule has 0 aliphatic heterocycles. The first kappa shape index (κ1) is 13.1. The van der Waals surface area contributed by atoms with E-state index in [1.165, 1.54) is 0 Å². The van der Waals surface area contributed by atoms with E-state index in [-0.39, 0.29) is 5.56 Å². The summed E-state index contributed by atoms with van der Waals surface area (Å²) in [6.45, 7) is 2.67. The Hall–Kier alpha value is -2.31. The van der Waals surface area contributed by atoms with E-state index in [0.29, 0.717) is 13.1 Å². The number of nitrogens with zero attached hydrogens (tertiary/aromatic N) is 1. The van der Waals surface area contributed by atoms with Gasteiger partial charge in [-0.2, -0.15) is 0 Å². The fourth-order valence-corrected chi connectivity index (χ4v) is 1.89. The maximum Gasteiger partial charge on any atom is 0.253 e. The molecule has 2 N–H and O–H groups in total. The van der Waals surface area contributed by atoms with Gasteiger partial charge in [0.1, 0.15) is 0 Å². The van der Waals surface area contributed by atoms with E-state index in [1.807, 2.05) is 43.3 Å². The van der Waals surface area contributed by atoms with Crippen molar-refractivity contribution in [2.24, 2.45) is 5.73 Å². The van der Waals surface area contributed by atoms with Crippen LogP contribution in [-0.2, 0) is 6.54 Å². The lowest BCUT2D eigenvalue weighted by molar-refractivity contribution is 0.751. The number of rotatable bonds is 2. The Labute approximate surface area is 112 Å². The highest BCUT2D eigenvalue weighted by Gasteiger charge is 2.03. The van der Waals surface area contributed by atoms with Crippen LogP contribution in [0.1, 0.15) is 16.7 Å². The zero-order valence-electron chi connectivity index (χ0n) is 10.9. The monoisotopic (exact) mass is 252 g/mol. The normalized spacial score (nSPS) is 9.79. The van der Waals surface area contributed by atoms with Gasteiger partial charge in [-0.3, -0.25) is 4.79 Å². The Bertz CT molecular complexity index is 690. The summed E-state index contributed by atoms with van der Waals surface area (Å²) in [6, 6.07) is 11.5. The summed E-state index contributed by atoms with van der Waals surface area (Å²) >= 11 is 0. The van der Waals surface area contributed by atoms with Crippen molar-refractivity contribution in [2.75, 3.05) is 6.54 Å². The molecular formula is C16H16N2O. The van der Waals surface area contributed by atoms with Crippen LogP contribution in [0.15, 0.2) is 47.4 Å². The lowest BCUT2D eigenvalue weighted by Gasteiger charge is -2.08. The van der Waals surface area contributed by atoms with Gasteiger partial charge in [0.2, 0.25) is 0 Å². The summed E-state index contributed by atoms with van der Waals surface area (Å²) in [4.78, 5) is 12.0. The van der Waals surface area contributed by atoms with Crippen molar-refractivity contribution >= 4 is 0 Å². The number of pyridine rings is 1. The molecule has 1 aromatic carbocycles. The van der Waals surface area contributed by atoms with Crippen LogP contribution in [0, 0.1) is 18.8 Å². The van der Waals surface area contributed by atoms with Crippen LogP contribution in [0.5, 0.6) is 0 Å². The molecule has 0 saturated carbocycles. The van der Waals surface area contributed by atoms with Crippen molar-refractivity contribution < 1.29 is 0 Å². The molecule has 3 nitrogen and oxygen atoms in total. The lowest BCUT2D eigenvalue weighted by Crippen LogP contribution is -2.22. The molecule has 0 aliphatic carbocycles. The number of hydrogen-bond acceptors (Lipinski definition) is 2. The molecular weight excluding hydrogens is 236 g/mol. The fourth-order valence-electron chi connectivity index (χ4n) is 1.89. The van der Waals surface area contributed by atoms with E-state index in [0.717, 1.165) is 16.7 Å². The van der Waals surface area contributed by atoms with Crippen LogP contribution < -0.4 is 11.3 Å². The Morgan fingerprint density at radius 3 is 2.79 bits per heavy atom. The minimum Gasteiger partial charge on any atom is -0.320 e. The summed E-state index contributed by atoms with van der Waals surface area (Å²) in [6.07, 6.45) is 1.79. The SMILES string of the molecule is Cc1cccn(Cc2ccccc2C#CCN)c1=O. The summed E-state index contributed by atoms with van der Waals surface area (Å²) in [5.74, 6) is 5.88. The van der Waals surface area contributed by atoms with Gasteiger partial charge in [-0.1, -0.05) is 36.1 Å². The summed E-state index contributed by atoms with van der Waals surface area (Å²) in [7, 11) is 0. The Morgan fingerprint density at radius 1 is 1.21 bits per heavy atom. The Balaban J connectivity index is 2.39. The van der Waals surface area contributed by atoms with Crippen LogP contribution in [0.4, 0.5) is 0 Å². The van der Waals surface area contributed by atoms with Gasteiger partial charge >= 0.3 is 0 Å². The van der Waals surface area contributed by atoms with Crippen LogP contribution in [0.2, 0.25) is 0 Å². The molecule has 2 rings (SSSR count). The third kappa shape index (κ3) is 3.12. The van der Waals surface area contributed by atoms with E-state index < -0.39 is 0 Å². The first-order valence-electron chi connectivity index (χ1n) is 6.15. The first-order valence-corrected chi connectivity index (χ1v) is 6.15. The van der Waals surface area contributed by atoms with E-state index in [2.05, 4.69) is 11.8 Å². The van der Waals surface area contributed by atoms with Gasteiger partial charge in [-0.25, -0.2) is 0 Å². The van der Waals surface area contributed by atoms with E-state index in [1.54, 1.807) is 10.8 Å². The number of hydrogen-bond donors (Lipinski definition) is 1. The topological polar surface area (TPSA) is 48.0 Å². The average Bonchev–Trinajstić information content (AvgIpc) is 2.43. The predicted molar refractivity (Wildman–Crippen MR) is 76.9 cm³/mol. The maximum atomic E-state index is 12.0. The van der Waals surface area contributed by atoms with Crippen molar-refractivity contribution in [1.29, 1.82) is 0 Å². The Morgan fingerprint density at radius 2 is 2.00 bits per heavy atom. The fraction of sp³-hybridized carbons (Fsp3) is 0.188. The zero-order chi connectivity index (χ0) is 13.7. The smallest absolute Gasteiger partial charge is 0.253 e. The maximum absolute atomic E-state index is 12.0. The van der Waals surface area contributed by atoms with E-state index in [9.17, 15) is 4.79 Å². The highest BCUT2D eigenvalue weighted by atomic mass is 16.1. The van der Waals surface area contributed by atoms with Gasteiger partial charge < -0.3 is 10.3 Å². The standard InChI is InChI=1S/C16H16N2O/c1-13-6-5-11-18(16(13)19)12-15-8-3-2-7-14(15)9-4-10-17/h2-3,5-8,11H,10,12,17H2,1H3. The third-order valence-corrected chi connectivity index (χ3v) is 2.89. The minimum absolute atomic E-state index is 0.0316. The molecule has 0 aliphatic rings. The molecule has 0 saturated heterocycles. The molecule has 0 amide bonds. The second-order valence-corrected chi connectivity index (χ2v) is 4.29. The molecule has 3 heteroatoms. The molecule has 0 fully saturated rings. The van der Waals surface area contributed by atoms with Gasteiger partial charge in [0, 0.05) is 17.3 Å². The molecule has 2 aromatic rings. The largest absolute Gasteiger partial charge is 0.320 e. The second kappa shape index (κ2) is 6.03. The highest BCUT2D eigenvalue weighted by molar-refractivity contribution is 5.41. The van der Waals surface area contributed by atoms with Gasteiger partial charge in [0.05, 0.1) is 13.1 Å². The minimum atomic E-state index is 0.0316. The molecule has 0 spiro atoms. The Kier molecular flexibility index (Phi) is 4.17. The average molecular weight is 252 g/mol. The quantitative estimate of drug-likeness (QED) is 0.824. The second-order valence-electron chi connectivity index (χ2n) is 4.29. The third-order valence-electron chi connectivity index (χ3n) is 2.89. The van der Waals surface area contributed by atoms with Gasteiger partial charge in [-0.05, 0) is 24.6 Å². The van der Waals surface area contributed by atoms with Crippen molar-refractivity contribution in [2.45, 2.75) is 13.5 Å². The van der Waals surface area contributed by atoms with Crippen LogP contribution in [-0.4, -0.2) is 11.1 Å². The summed E-state index contributed by atoms with van der Waals surface area (Å²) in [5.41, 5.74) is 8.11. The number of benzene rings is 1. The van der Waals surface area contributed by atoms with Gasteiger partial charge in [-0.15, -0.1) is 0 Å². The molecule has 96 valence electrons. The zero-order valence-corrected chi connectivity index (χ0v) is 10.9. The van der Waals surface area contributed by atoms with Crippen molar-refractivity contribution in [1.82, 2.24) is 4.57 Å². The number of nitrogens with two attached hydrogens (primary N) is 1. The number of aryl methyl sites for hydroxylation is 1. The van der Waals surface area contributed by atoms with Crippen molar-refractivity contribution in [3.8, 4) is 11.8 Å². The molecule has 0 bridgehead atoms. The summed E-state index contributed by atoms with van der Waals surface area (Å²) < 4.78 is 1.69. The summed E-state index contributed by atoms with van der Waals surface area (Å²) in [5, 5.41) is 0. The molecule has 1 heterocycles. The van der Waals surface area contributed by atoms with Crippen molar-refractivity contribution in [3.63, 3.8) is 0 Å². The highest BCUT2D eigenvalue weighted by Crippen LogP contribution is 2.08. The predicted octanol–water partition coefficient (Wildman–Crippen LogP) is 1.52. The van der Waals surface area contributed by atoms with Gasteiger partial charge in [0.15, 0.2) is 0 Å². The lowest BCUT2D eigenvalue weighted by atomic mass is 10.1. The van der Waals surface area contributed by atoms with Crippen LogP contribution in [0.25, 0.3) is 0 Å². The first-order chi connectivity index (χ1) is 9.22. The molecule has 1 aromatic heterocycles. The van der Waals surface area contributed by atoms with E-state index >= 15 is 0 Å².